The Morgan fingerprint density at radius 1 is 0.804 bits per heavy atom. The lowest BCUT2D eigenvalue weighted by atomic mass is 9.68. The first-order chi connectivity index (χ1) is 21.2. The number of hydrogen-bond acceptors (Lipinski definition) is 6. The maximum absolute atomic E-state index is 14.5. The zero-order chi connectivity index (χ0) is 30.7. The first-order valence-corrected chi connectivity index (χ1v) is 17.0. The molecule has 2 aromatic rings. The standard InChI is InChI=1S/C36H51FN4O3.2ClH/c1-36(2,3)27-7-4-25(5-8-27)33-20-26(6-9-34(33)44-31-10-13-39-24-31)35(42)41-16-11-30(12-17-41)43-32-22-28(37)21-29(23-32)40-18-14-38-15-19-40;;/h6,9,20-23,25,27,30-31,38-39H,4-5,7-8,10-19,24H2,1-3H3;2*1H/t25-,27-,31-;;/m0../s1. The lowest BCUT2D eigenvalue weighted by molar-refractivity contribution is 0.0595. The van der Waals surface area contributed by atoms with E-state index in [9.17, 15) is 9.18 Å². The van der Waals surface area contributed by atoms with Crippen LogP contribution < -0.4 is 25.0 Å². The third kappa shape index (κ3) is 9.00. The molecule has 2 aromatic carbocycles. The zero-order valence-electron chi connectivity index (χ0n) is 27.7. The summed E-state index contributed by atoms with van der Waals surface area (Å²) in [4.78, 5) is 17.9. The van der Waals surface area contributed by atoms with E-state index in [0.29, 0.717) is 30.2 Å². The van der Waals surface area contributed by atoms with Crippen molar-refractivity contribution in [2.24, 2.45) is 11.3 Å². The topological polar surface area (TPSA) is 66.1 Å². The van der Waals surface area contributed by atoms with Gasteiger partial charge in [-0.15, -0.1) is 24.8 Å². The summed E-state index contributed by atoms with van der Waals surface area (Å²) < 4.78 is 27.3. The maximum Gasteiger partial charge on any atom is 0.253 e. The predicted octanol–water partition coefficient (Wildman–Crippen LogP) is 6.82. The summed E-state index contributed by atoms with van der Waals surface area (Å²) in [5.41, 5.74) is 3.16. The van der Waals surface area contributed by atoms with Crippen LogP contribution in [0.15, 0.2) is 36.4 Å². The van der Waals surface area contributed by atoms with Gasteiger partial charge < -0.3 is 29.9 Å². The van der Waals surface area contributed by atoms with E-state index >= 15 is 0 Å². The Bertz CT molecular complexity index is 1280. The van der Waals surface area contributed by atoms with Crippen molar-refractivity contribution in [1.29, 1.82) is 0 Å². The number of carbonyl (C=O) groups is 1. The van der Waals surface area contributed by atoms with Crippen molar-refractivity contribution < 1.29 is 18.7 Å². The second kappa shape index (κ2) is 16.2. The molecule has 0 aromatic heterocycles. The number of benzene rings is 2. The largest absolute Gasteiger partial charge is 0.490 e. The van der Waals surface area contributed by atoms with E-state index in [-0.39, 0.29) is 48.7 Å². The first-order valence-electron chi connectivity index (χ1n) is 17.0. The molecule has 0 spiro atoms. The molecule has 3 saturated heterocycles. The quantitative estimate of drug-likeness (QED) is 0.335. The fourth-order valence-electron chi connectivity index (χ4n) is 7.56. The Balaban J connectivity index is 0.00000240. The van der Waals surface area contributed by atoms with Gasteiger partial charge in [-0.1, -0.05) is 20.8 Å². The summed E-state index contributed by atoms with van der Waals surface area (Å²) in [6, 6.07) is 11.2. The molecule has 4 aliphatic rings. The molecular weight excluding hydrogens is 626 g/mol. The molecule has 7 nitrogen and oxygen atoms in total. The number of ether oxygens (including phenoxy) is 2. The number of anilines is 1. The number of halogens is 3. The smallest absolute Gasteiger partial charge is 0.253 e. The van der Waals surface area contributed by atoms with Gasteiger partial charge in [-0.3, -0.25) is 4.79 Å². The summed E-state index contributed by atoms with van der Waals surface area (Å²) in [7, 11) is 0. The number of nitrogens with one attached hydrogen (secondary N) is 2. The molecule has 10 heteroatoms. The number of amides is 1. The van der Waals surface area contributed by atoms with Crippen LogP contribution in [0.5, 0.6) is 11.5 Å². The molecule has 1 atom stereocenters. The Hall–Kier alpha value is -2.26. The van der Waals surface area contributed by atoms with E-state index < -0.39 is 0 Å². The number of piperidine rings is 1. The average Bonchev–Trinajstić information content (AvgIpc) is 3.54. The van der Waals surface area contributed by atoms with E-state index in [4.69, 9.17) is 9.47 Å². The highest BCUT2D eigenvalue weighted by Gasteiger charge is 2.33. The van der Waals surface area contributed by atoms with Crippen LogP contribution in [0.4, 0.5) is 10.1 Å². The van der Waals surface area contributed by atoms with Gasteiger partial charge in [0.1, 0.15) is 29.5 Å². The SMILES string of the molecule is CC(C)(C)[C@H]1CC[C@H](c2cc(C(=O)N3CCC(Oc4cc(F)cc(N5CCNCC5)c4)CC3)ccc2O[C@H]2CCNC2)CC1.Cl.Cl. The van der Waals surface area contributed by atoms with E-state index in [2.05, 4.69) is 42.4 Å². The molecule has 4 fully saturated rings. The van der Waals surface area contributed by atoms with Gasteiger partial charge in [0.15, 0.2) is 0 Å². The molecule has 6 rings (SSSR count). The molecule has 1 amide bonds. The van der Waals surface area contributed by atoms with Crippen LogP contribution in [-0.4, -0.2) is 75.4 Å². The van der Waals surface area contributed by atoms with Gasteiger partial charge in [0, 0.05) is 82.0 Å². The molecule has 2 N–H and O–H groups in total. The molecule has 3 aliphatic heterocycles. The fraction of sp³-hybridized carbons (Fsp3) is 0.639. The summed E-state index contributed by atoms with van der Waals surface area (Å²) in [5.74, 6) is 2.48. The summed E-state index contributed by atoms with van der Waals surface area (Å²) in [5, 5.41) is 6.75. The van der Waals surface area contributed by atoms with Crippen molar-refractivity contribution in [2.75, 3.05) is 57.3 Å². The lowest BCUT2D eigenvalue weighted by Gasteiger charge is -2.37. The van der Waals surface area contributed by atoms with Crippen molar-refractivity contribution in [1.82, 2.24) is 15.5 Å². The highest BCUT2D eigenvalue weighted by molar-refractivity contribution is 5.94. The lowest BCUT2D eigenvalue weighted by Crippen LogP contribution is -2.43. The van der Waals surface area contributed by atoms with Crippen LogP contribution in [0.2, 0.25) is 0 Å². The molecule has 0 bridgehead atoms. The second-order valence-corrected chi connectivity index (χ2v) is 14.4. The van der Waals surface area contributed by atoms with Gasteiger partial charge in [-0.2, -0.15) is 0 Å². The van der Waals surface area contributed by atoms with E-state index in [0.717, 1.165) is 94.3 Å². The highest BCUT2D eigenvalue weighted by atomic mass is 35.5. The van der Waals surface area contributed by atoms with E-state index in [1.807, 2.05) is 23.1 Å². The van der Waals surface area contributed by atoms with Crippen LogP contribution in [0.25, 0.3) is 0 Å². The summed E-state index contributed by atoms with van der Waals surface area (Å²) >= 11 is 0. The van der Waals surface area contributed by atoms with Gasteiger partial charge in [-0.25, -0.2) is 4.39 Å². The van der Waals surface area contributed by atoms with Gasteiger partial charge >= 0.3 is 0 Å². The third-order valence-electron chi connectivity index (χ3n) is 10.3. The van der Waals surface area contributed by atoms with Crippen molar-refractivity contribution in [3.8, 4) is 11.5 Å². The molecule has 1 saturated carbocycles. The average molecular weight is 680 g/mol. The molecule has 46 heavy (non-hydrogen) atoms. The van der Waals surface area contributed by atoms with Gasteiger partial charge in [-0.05, 0) is 85.7 Å². The number of likely N-dealkylation sites (tertiary alicyclic amines) is 1. The van der Waals surface area contributed by atoms with Crippen LogP contribution in [0, 0.1) is 17.2 Å². The van der Waals surface area contributed by atoms with Crippen molar-refractivity contribution in [2.45, 2.75) is 83.8 Å². The summed E-state index contributed by atoms with van der Waals surface area (Å²) in [6.45, 7) is 13.7. The Morgan fingerprint density at radius 2 is 1.52 bits per heavy atom. The minimum absolute atomic E-state index is 0. The molecule has 0 unspecified atom stereocenters. The van der Waals surface area contributed by atoms with Crippen molar-refractivity contribution in [3.63, 3.8) is 0 Å². The number of carbonyl (C=O) groups excluding carboxylic acids is 1. The number of hydrogen-bond donors (Lipinski definition) is 2. The van der Waals surface area contributed by atoms with Crippen LogP contribution in [0.3, 0.4) is 0 Å². The van der Waals surface area contributed by atoms with Crippen LogP contribution in [-0.2, 0) is 0 Å². The van der Waals surface area contributed by atoms with E-state index in [1.165, 1.54) is 24.5 Å². The predicted molar refractivity (Wildman–Crippen MR) is 188 cm³/mol. The minimum Gasteiger partial charge on any atom is -0.490 e. The number of rotatable bonds is 7. The van der Waals surface area contributed by atoms with Gasteiger partial charge in [0.2, 0.25) is 0 Å². The molecule has 1 aliphatic carbocycles. The number of piperazine rings is 1. The van der Waals surface area contributed by atoms with Crippen LogP contribution >= 0.6 is 24.8 Å². The minimum atomic E-state index is -0.275. The van der Waals surface area contributed by atoms with Crippen molar-refractivity contribution >= 4 is 36.4 Å². The van der Waals surface area contributed by atoms with Crippen LogP contribution in [0.1, 0.15) is 87.6 Å². The highest BCUT2D eigenvalue weighted by Crippen LogP contribution is 2.45. The van der Waals surface area contributed by atoms with Gasteiger partial charge in [0.05, 0.1) is 0 Å². The monoisotopic (exact) mass is 678 g/mol. The number of nitrogens with zero attached hydrogens (tertiary/aromatic N) is 2. The normalized spacial score (nSPS) is 24.1. The second-order valence-electron chi connectivity index (χ2n) is 14.4. The Kier molecular flexibility index (Phi) is 12.9. The maximum atomic E-state index is 14.5. The fourth-order valence-corrected chi connectivity index (χ4v) is 7.56. The van der Waals surface area contributed by atoms with E-state index in [1.54, 1.807) is 6.07 Å². The molecule has 0 radical (unpaired) electrons. The molecule has 3 heterocycles. The molecular formula is C36H53Cl2FN4O3. The third-order valence-corrected chi connectivity index (χ3v) is 10.3. The van der Waals surface area contributed by atoms with Crippen molar-refractivity contribution in [3.05, 3.63) is 53.3 Å². The zero-order valence-corrected chi connectivity index (χ0v) is 29.3. The first kappa shape index (κ1) is 36.6. The van der Waals surface area contributed by atoms with Gasteiger partial charge in [0.25, 0.3) is 5.91 Å². The Labute approximate surface area is 287 Å². The Morgan fingerprint density at radius 3 is 2.17 bits per heavy atom. The summed E-state index contributed by atoms with van der Waals surface area (Å²) in [6.07, 6.45) is 7.32. The molecule has 256 valence electrons.